The van der Waals surface area contributed by atoms with E-state index in [1.165, 1.54) is 17.8 Å². The summed E-state index contributed by atoms with van der Waals surface area (Å²) in [4.78, 5) is 20.0. The molecule has 1 N–H and O–H groups in total. The number of benzene rings is 1. The van der Waals surface area contributed by atoms with Gasteiger partial charge in [0.05, 0.1) is 5.52 Å². The first-order chi connectivity index (χ1) is 8.36. The minimum absolute atomic E-state index is 0.303. The summed E-state index contributed by atoms with van der Waals surface area (Å²) in [6.07, 6.45) is 4.79. The van der Waals surface area contributed by atoms with E-state index in [1.807, 2.05) is 30.5 Å². The molecule has 4 nitrogen and oxygen atoms in total. The summed E-state index contributed by atoms with van der Waals surface area (Å²) < 4.78 is 0. The SMILES string of the molecule is O=c1nccc[nH]1.c1ccc2ncccc2c1. The number of hydrogen-bond donors (Lipinski definition) is 1. The van der Waals surface area contributed by atoms with E-state index in [-0.39, 0.29) is 5.69 Å². The predicted octanol–water partition coefficient (Wildman–Crippen LogP) is 2.00. The fraction of sp³-hybridized carbons (Fsp3) is 0. The summed E-state index contributed by atoms with van der Waals surface area (Å²) in [5.74, 6) is 0. The lowest BCUT2D eigenvalue weighted by molar-refractivity contribution is 1.08. The highest BCUT2D eigenvalue weighted by atomic mass is 16.1. The van der Waals surface area contributed by atoms with Gasteiger partial charge in [-0.25, -0.2) is 9.78 Å². The fourth-order valence-electron chi connectivity index (χ4n) is 1.33. The maximum absolute atomic E-state index is 10.1. The summed E-state index contributed by atoms with van der Waals surface area (Å²) in [6, 6.07) is 13.7. The average molecular weight is 225 g/mol. The Bertz CT molecular complexity index is 566. The highest BCUT2D eigenvalue weighted by Crippen LogP contribution is 2.07. The Hall–Kier alpha value is -2.49. The topological polar surface area (TPSA) is 58.6 Å². The van der Waals surface area contributed by atoms with Gasteiger partial charge in [0.1, 0.15) is 0 Å². The number of H-pyrrole nitrogens is 1. The van der Waals surface area contributed by atoms with Gasteiger partial charge in [0.2, 0.25) is 0 Å². The Balaban J connectivity index is 0.000000136. The lowest BCUT2D eigenvalue weighted by Gasteiger charge is -1.91. The smallest absolute Gasteiger partial charge is 0.313 e. The number of nitrogens with one attached hydrogen (secondary N) is 1. The Morgan fingerprint density at radius 3 is 2.29 bits per heavy atom. The normalized spacial score (nSPS) is 9.41. The van der Waals surface area contributed by atoms with E-state index in [0.717, 1.165) is 5.52 Å². The van der Waals surface area contributed by atoms with Crippen molar-refractivity contribution in [3.63, 3.8) is 0 Å². The monoisotopic (exact) mass is 225 g/mol. The van der Waals surface area contributed by atoms with E-state index < -0.39 is 0 Å². The lowest BCUT2D eigenvalue weighted by Crippen LogP contribution is -2.05. The molecule has 0 unspecified atom stereocenters. The highest BCUT2D eigenvalue weighted by Gasteiger charge is 1.86. The molecule has 0 spiro atoms. The Labute approximate surface area is 98.0 Å². The van der Waals surface area contributed by atoms with Crippen LogP contribution in [0, 0.1) is 0 Å². The van der Waals surface area contributed by atoms with Crippen molar-refractivity contribution in [2.24, 2.45) is 0 Å². The molecule has 0 amide bonds. The molecule has 2 heterocycles. The Morgan fingerprint density at radius 1 is 0.882 bits per heavy atom. The van der Waals surface area contributed by atoms with Crippen LogP contribution in [0.25, 0.3) is 10.9 Å². The van der Waals surface area contributed by atoms with Crippen LogP contribution in [0.2, 0.25) is 0 Å². The summed E-state index contributed by atoms with van der Waals surface area (Å²) >= 11 is 0. The van der Waals surface area contributed by atoms with Crippen molar-refractivity contribution < 1.29 is 0 Å². The first kappa shape index (κ1) is 11.0. The second kappa shape index (κ2) is 5.55. The number of aromatic amines is 1. The van der Waals surface area contributed by atoms with Crippen LogP contribution in [0.4, 0.5) is 0 Å². The third-order valence-corrected chi connectivity index (χ3v) is 2.09. The van der Waals surface area contributed by atoms with Gasteiger partial charge in [0, 0.05) is 24.0 Å². The highest BCUT2D eigenvalue weighted by molar-refractivity contribution is 5.77. The number of hydrogen-bond acceptors (Lipinski definition) is 3. The molecule has 0 aliphatic heterocycles. The van der Waals surface area contributed by atoms with E-state index >= 15 is 0 Å². The molecular weight excluding hydrogens is 214 g/mol. The van der Waals surface area contributed by atoms with Crippen LogP contribution in [0.5, 0.6) is 0 Å². The maximum Gasteiger partial charge on any atom is 0.344 e. The van der Waals surface area contributed by atoms with Crippen molar-refractivity contribution in [1.82, 2.24) is 15.0 Å². The van der Waals surface area contributed by atoms with E-state index in [9.17, 15) is 4.79 Å². The van der Waals surface area contributed by atoms with Gasteiger partial charge in [-0.05, 0) is 18.2 Å². The molecule has 0 saturated heterocycles. The second-order valence-corrected chi connectivity index (χ2v) is 3.28. The summed E-state index contributed by atoms with van der Waals surface area (Å²) in [5.41, 5.74) is 0.757. The maximum atomic E-state index is 10.1. The second-order valence-electron chi connectivity index (χ2n) is 3.28. The van der Waals surface area contributed by atoms with Crippen LogP contribution in [-0.4, -0.2) is 15.0 Å². The molecule has 3 aromatic rings. The molecule has 0 radical (unpaired) electrons. The van der Waals surface area contributed by atoms with Gasteiger partial charge in [0.25, 0.3) is 0 Å². The third kappa shape index (κ3) is 3.24. The Kier molecular flexibility index (Phi) is 3.60. The number of rotatable bonds is 0. The standard InChI is InChI=1S/C9H7N.C4H4N2O/c1-2-6-9-8(4-1)5-3-7-10-9;7-4-5-2-1-3-6-4/h1-7H;1-3H,(H,5,6,7). The quantitative estimate of drug-likeness (QED) is 0.636. The van der Waals surface area contributed by atoms with Crippen LogP contribution in [0.3, 0.4) is 0 Å². The van der Waals surface area contributed by atoms with Crippen molar-refractivity contribution in [2.45, 2.75) is 0 Å². The molecule has 0 bridgehead atoms. The molecule has 2 aromatic heterocycles. The van der Waals surface area contributed by atoms with Gasteiger partial charge in [-0.15, -0.1) is 0 Å². The molecule has 84 valence electrons. The van der Waals surface area contributed by atoms with E-state index in [2.05, 4.69) is 27.1 Å². The van der Waals surface area contributed by atoms with Crippen LogP contribution in [0.1, 0.15) is 0 Å². The summed E-state index contributed by atoms with van der Waals surface area (Å²) in [5, 5.41) is 1.20. The fourth-order valence-corrected chi connectivity index (χ4v) is 1.33. The zero-order chi connectivity index (χ0) is 11.9. The number of para-hydroxylation sites is 1. The third-order valence-electron chi connectivity index (χ3n) is 2.09. The number of aromatic nitrogens is 3. The van der Waals surface area contributed by atoms with Crippen LogP contribution in [0.15, 0.2) is 65.8 Å². The summed E-state index contributed by atoms with van der Waals surface area (Å²) in [6.45, 7) is 0. The van der Waals surface area contributed by atoms with Crippen molar-refractivity contribution in [2.75, 3.05) is 0 Å². The van der Waals surface area contributed by atoms with Gasteiger partial charge >= 0.3 is 5.69 Å². The molecule has 0 atom stereocenters. The van der Waals surface area contributed by atoms with E-state index in [0.29, 0.717) is 0 Å². The molecule has 0 saturated carbocycles. The Morgan fingerprint density at radius 2 is 1.65 bits per heavy atom. The van der Waals surface area contributed by atoms with Gasteiger partial charge in [-0.3, -0.25) is 4.98 Å². The zero-order valence-corrected chi connectivity index (χ0v) is 9.08. The number of nitrogens with zero attached hydrogens (tertiary/aromatic N) is 2. The van der Waals surface area contributed by atoms with Crippen LogP contribution >= 0.6 is 0 Å². The molecule has 3 rings (SSSR count). The van der Waals surface area contributed by atoms with E-state index in [4.69, 9.17) is 0 Å². The van der Waals surface area contributed by atoms with Gasteiger partial charge in [-0.1, -0.05) is 24.3 Å². The molecule has 0 aliphatic carbocycles. The molecule has 1 aromatic carbocycles. The van der Waals surface area contributed by atoms with Crippen molar-refractivity contribution in [3.8, 4) is 0 Å². The minimum atomic E-state index is -0.303. The van der Waals surface area contributed by atoms with E-state index in [1.54, 1.807) is 6.07 Å². The first-order valence-corrected chi connectivity index (χ1v) is 5.16. The van der Waals surface area contributed by atoms with Crippen molar-refractivity contribution >= 4 is 10.9 Å². The molecular formula is C13H11N3O. The predicted molar refractivity (Wildman–Crippen MR) is 66.6 cm³/mol. The average Bonchev–Trinajstić information content (AvgIpc) is 2.41. The molecule has 0 fully saturated rings. The molecule has 17 heavy (non-hydrogen) atoms. The molecule has 0 aliphatic rings. The van der Waals surface area contributed by atoms with Gasteiger partial charge in [-0.2, -0.15) is 0 Å². The largest absolute Gasteiger partial charge is 0.344 e. The summed E-state index contributed by atoms with van der Waals surface area (Å²) in [7, 11) is 0. The van der Waals surface area contributed by atoms with Gasteiger partial charge in [0.15, 0.2) is 0 Å². The van der Waals surface area contributed by atoms with Crippen molar-refractivity contribution in [1.29, 1.82) is 0 Å². The number of fused-ring (bicyclic) bond motifs is 1. The number of pyridine rings is 1. The zero-order valence-electron chi connectivity index (χ0n) is 9.08. The van der Waals surface area contributed by atoms with Crippen molar-refractivity contribution in [3.05, 3.63) is 71.5 Å². The first-order valence-electron chi connectivity index (χ1n) is 5.16. The minimum Gasteiger partial charge on any atom is -0.313 e. The van der Waals surface area contributed by atoms with Gasteiger partial charge < -0.3 is 4.98 Å². The molecule has 4 heteroatoms. The lowest BCUT2D eigenvalue weighted by atomic mass is 10.2. The van der Waals surface area contributed by atoms with Crippen LogP contribution < -0.4 is 5.69 Å². The van der Waals surface area contributed by atoms with Crippen LogP contribution in [-0.2, 0) is 0 Å².